The van der Waals surface area contributed by atoms with Gasteiger partial charge in [0.25, 0.3) is 11.1 Å². The number of thiazole rings is 1. The highest BCUT2D eigenvalue weighted by molar-refractivity contribution is 8.18. The number of carbonyl (C=O) groups excluding carboxylic acids is 3. The van der Waals surface area contributed by atoms with Gasteiger partial charge in [0.1, 0.15) is 0 Å². The number of benzene rings is 1. The minimum Gasteiger partial charge on any atom is -0.282 e. The summed E-state index contributed by atoms with van der Waals surface area (Å²) >= 11 is 2.15. The van der Waals surface area contributed by atoms with E-state index in [0.717, 1.165) is 28.6 Å². The van der Waals surface area contributed by atoms with E-state index in [1.807, 2.05) is 32.0 Å². The molecule has 1 aliphatic rings. The molecule has 0 atom stereocenters. The molecule has 0 aliphatic carbocycles. The summed E-state index contributed by atoms with van der Waals surface area (Å²) in [6.45, 7) is 5.38. The number of aromatic nitrogens is 1. The van der Waals surface area contributed by atoms with Crippen LogP contribution in [-0.2, 0) is 9.59 Å². The fourth-order valence-corrected chi connectivity index (χ4v) is 4.04. The molecule has 1 saturated heterocycles. The van der Waals surface area contributed by atoms with Crippen molar-refractivity contribution in [3.8, 4) is 0 Å². The topological polar surface area (TPSA) is 79.4 Å². The standard InChI is InChI=1S/C17H15N3O3S2/c1-9-5-4-6-10(2)14(9)20(11(3)21)16-18-12(8-24-16)7-13-15(22)19-17(23)25-13/h4-8H,1-3H3,(H,19,22,23)/b13-7-. The van der Waals surface area contributed by atoms with Crippen LogP contribution in [0.25, 0.3) is 6.08 Å². The van der Waals surface area contributed by atoms with Gasteiger partial charge in [0.2, 0.25) is 5.91 Å². The first kappa shape index (κ1) is 17.4. The first-order valence-corrected chi connectivity index (χ1v) is 9.13. The average Bonchev–Trinajstić information content (AvgIpc) is 3.10. The number of amides is 3. The van der Waals surface area contributed by atoms with Crippen LogP contribution in [0.3, 0.4) is 0 Å². The van der Waals surface area contributed by atoms with Crippen molar-refractivity contribution in [2.24, 2.45) is 0 Å². The Bertz CT molecular complexity index is 897. The number of thioether (sulfide) groups is 1. The third kappa shape index (κ3) is 3.49. The molecule has 0 radical (unpaired) electrons. The summed E-state index contributed by atoms with van der Waals surface area (Å²) in [5.41, 5.74) is 3.29. The highest BCUT2D eigenvalue weighted by Gasteiger charge is 2.26. The number of hydrogen-bond acceptors (Lipinski definition) is 6. The maximum absolute atomic E-state index is 12.3. The predicted octanol–water partition coefficient (Wildman–Crippen LogP) is 3.77. The van der Waals surface area contributed by atoms with E-state index in [1.165, 1.54) is 18.3 Å². The van der Waals surface area contributed by atoms with E-state index >= 15 is 0 Å². The zero-order chi connectivity index (χ0) is 18.1. The van der Waals surface area contributed by atoms with Gasteiger partial charge in [-0.05, 0) is 42.8 Å². The van der Waals surface area contributed by atoms with Gasteiger partial charge in [-0.1, -0.05) is 18.2 Å². The molecular weight excluding hydrogens is 358 g/mol. The van der Waals surface area contributed by atoms with E-state index in [1.54, 1.807) is 16.4 Å². The van der Waals surface area contributed by atoms with E-state index in [4.69, 9.17) is 0 Å². The van der Waals surface area contributed by atoms with Crippen LogP contribution < -0.4 is 10.2 Å². The van der Waals surface area contributed by atoms with Gasteiger partial charge in [-0.15, -0.1) is 11.3 Å². The van der Waals surface area contributed by atoms with Gasteiger partial charge in [-0.3, -0.25) is 24.6 Å². The first-order chi connectivity index (χ1) is 11.9. The second kappa shape index (κ2) is 6.81. The van der Waals surface area contributed by atoms with Crippen LogP contribution in [0.15, 0.2) is 28.5 Å². The van der Waals surface area contributed by atoms with Crippen molar-refractivity contribution in [3.05, 3.63) is 45.3 Å². The Balaban J connectivity index is 1.99. The van der Waals surface area contributed by atoms with Crippen molar-refractivity contribution in [1.82, 2.24) is 10.3 Å². The van der Waals surface area contributed by atoms with E-state index in [9.17, 15) is 14.4 Å². The number of para-hydroxylation sites is 1. The Labute approximate surface area is 152 Å². The van der Waals surface area contributed by atoms with Gasteiger partial charge >= 0.3 is 0 Å². The van der Waals surface area contributed by atoms with Crippen LogP contribution in [0.1, 0.15) is 23.7 Å². The lowest BCUT2D eigenvalue weighted by Gasteiger charge is -2.22. The second-order valence-electron chi connectivity index (χ2n) is 5.50. The summed E-state index contributed by atoms with van der Waals surface area (Å²) in [6, 6.07) is 5.83. The number of nitrogens with zero attached hydrogens (tertiary/aromatic N) is 2. The molecule has 0 spiro atoms. The molecule has 1 aromatic carbocycles. The fraction of sp³-hybridized carbons (Fsp3) is 0.176. The summed E-state index contributed by atoms with van der Waals surface area (Å²) in [6.07, 6.45) is 1.55. The van der Waals surface area contributed by atoms with Crippen LogP contribution in [0.2, 0.25) is 0 Å². The van der Waals surface area contributed by atoms with E-state index in [2.05, 4.69) is 10.3 Å². The molecule has 0 saturated carbocycles. The Hall–Kier alpha value is -2.45. The van der Waals surface area contributed by atoms with Crippen molar-refractivity contribution in [2.75, 3.05) is 4.90 Å². The third-order valence-corrected chi connectivity index (χ3v) is 5.25. The molecule has 1 N–H and O–H groups in total. The zero-order valence-corrected chi connectivity index (χ0v) is 15.5. The van der Waals surface area contributed by atoms with Gasteiger partial charge in [0.15, 0.2) is 5.13 Å². The lowest BCUT2D eigenvalue weighted by atomic mass is 10.1. The van der Waals surface area contributed by atoms with E-state index in [-0.39, 0.29) is 5.91 Å². The van der Waals surface area contributed by atoms with Gasteiger partial charge in [-0.25, -0.2) is 4.98 Å². The highest BCUT2D eigenvalue weighted by Crippen LogP contribution is 2.34. The van der Waals surface area contributed by atoms with Crippen molar-refractivity contribution in [1.29, 1.82) is 0 Å². The number of anilines is 2. The molecule has 6 nitrogen and oxygen atoms in total. The Morgan fingerprint density at radius 1 is 1.24 bits per heavy atom. The predicted molar refractivity (Wildman–Crippen MR) is 100.0 cm³/mol. The molecule has 0 unspecified atom stereocenters. The van der Waals surface area contributed by atoms with Crippen LogP contribution in [0, 0.1) is 13.8 Å². The summed E-state index contributed by atoms with van der Waals surface area (Å²) in [4.78, 5) is 41.5. The third-order valence-electron chi connectivity index (χ3n) is 3.60. The molecule has 3 amide bonds. The number of carbonyl (C=O) groups is 3. The van der Waals surface area contributed by atoms with Crippen molar-refractivity contribution < 1.29 is 14.4 Å². The van der Waals surface area contributed by atoms with Crippen LogP contribution in [0.4, 0.5) is 15.6 Å². The molecule has 2 aromatic rings. The van der Waals surface area contributed by atoms with Crippen LogP contribution >= 0.6 is 23.1 Å². The van der Waals surface area contributed by atoms with Gasteiger partial charge in [-0.2, -0.15) is 0 Å². The number of imide groups is 1. The monoisotopic (exact) mass is 373 g/mol. The smallest absolute Gasteiger partial charge is 0.282 e. The van der Waals surface area contributed by atoms with Gasteiger partial charge in [0.05, 0.1) is 16.3 Å². The first-order valence-electron chi connectivity index (χ1n) is 7.44. The number of aryl methyl sites for hydroxylation is 2. The quantitative estimate of drug-likeness (QED) is 0.829. The SMILES string of the molecule is CC(=O)N(c1nc(/C=C2\SC(=O)NC2=O)cs1)c1c(C)cccc1C. The van der Waals surface area contributed by atoms with E-state index in [0.29, 0.717) is 15.7 Å². The fourth-order valence-electron chi connectivity index (χ4n) is 2.55. The summed E-state index contributed by atoms with van der Waals surface area (Å²) < 4.78 is 0. The maximum atomic E-state index is 12.3. The highest BCUT2D eigenvalue weighted by atomic mass is 32.2. The largest absolute Gasteiger partial charge is 0.290 e. The molecule has 25 heavy (non-hydrogen) atoms. The lowest BCUT2D eigenvalue weighted by Crippen LogP contribution is -2.24. The minimum atomic E-state index is -0.428. The van der Waals surface area contributed by atoms with Gasteiger partial charge in [0, 0.05) is 12.3 Å². The average molecular weight is 373 g/mol. The number of nitrogens with one attached hydrogen (secondary N) is 1. The summed E-state index contributed by atoms with van der Waals surface area (Å²) in [7, 11) is 0. The lowest BCUT2D eigenvalue weighted by molar-refractivity contribution is -0.116. The molecule has 1 fully saturated rings. The second-order valence-corrected chi connectivity index (χ2v) is 7.35. The van der Waals surface area contributed by atoms with Crippen LogP contribution in [-0.4, -0.2) is 22.0 Å². The molecule has 1 aliphatic heterocycles. The normalized spacial score (nSPS) is 15.6. The van der Waals surface area contributed by atoms with Crippen molar-refractivity contribution in [3.63, 3.8) is 0 Å². The minimum absolute atomic E-state index is 0.144. The molecule has 3 rings (SSSR count). The Morgan fingerprint density at radius 2 is 1.92 bits per heavy atom. The molecule has 2 heterocycles. The van der Waals surface area contributed by atoms with Crippen molar-refractivity contribution >= 4 is 57.0 Å². The van der Waals surface area contributed by atoms with Crippen LogP contribution in [0.5, 0.6) is 0 Å². The zero-order valence-electron chi connectivity index (χ0n) is 13.8. The Kier molecular flexibility index (Phi) is 4.73. The van der Waals surface area contributed by atoms with E-state index < -0.39 is 11.1 Å². The molecule has 8 heteroatoms. The molecule has 1 aromatic heterocycles. The molecule has 0 bridgehead atoms. The maximum Gasteiger partial charge on any atom is 0.290 e. The van der Waals surface area contributed by atoms with Gasteiger partial charge < -0.3 is 0 Å². The molecule has 128 valence electrons. The summed E-state index contributed by atoms with van der Waals surface area (Å²) in [5.74, 6) is -0.572. The molecular formula is C17H15N3O3S2. The Morgan fingerprint density at radius 3 is 2.48 bits per heavy atom. The summed E-state index contributed by atoms with van der Waals surface area (Å²) in [5, 5.41) is 4.08. The number of hydrogen-bond donors (Lipinski definition) is 1. The number of rotatable bonds is 3. The van der Waals surface area contributed by atoms with Crippen molar-refractivity contribution in [2.45, 2.75) is 20.8 Å².